The number of methoxy groups -OCH3 is 3. The Morgan fingerprint density at radius 3 is 2.10 bits per heavy atom. The largest absolute Gasteiger partial charge is 0.501 e. The van der Waals surface area contributed by atoms with Crippen LogP contribution in [-0.4, -0.2) is 71.4 Å². The second-order valence-electron chi connectivity index (χ2n) is 13.4. The number of allylic oxidation sites excluding steroid dienone is 7. The van der Waals surface area contributed by atoms with Gasteiger partial charge in [0.1, 0.15) is 23.9 Å². The lowest BCUT2D eigenvalue weighted by molar-refractivity contribution is -0.167. The molecule has 0 bridgehead atoms. The van der Waals surface area contributed by atoms with Crippen molar-refractivity contribution in [2.75, 3.05) is 47.8 Å². The zero-order chi connectivity index (χ0) is 36.8. The van der Waals surface area contributed by atoms with E-state index < -0.39 is 17.4 Å². The molecule has 280 valence electrons. The molecule has 0 aromatic heterocycles. The maximum absolute atomic E-state index is 12.9. The van der Waals surface area contributed by atoms with Crippen molar-refractivity contribution in [2.24, 2.45) is 5.41 Å². The Hall–Kier alpha value is -3.56. The summed E-state index contributed by atoms with van der Waals surface area (Å²) < 4.78 is 39.1. The molecular weight excluding hydrogens is 636 g/mol. The number of carbonyl (C=O) groups is 2. The van der Waals surface area contributed by atoms with Crippen molar-refractivity contribution < 1.29 is 42.7 Å². The molecule has 0 amide bonds. The standard InChI is InChI=1S/C41H62O9/c1-9-38(42)49-30-40(5,31-50-41(10-2)22-23-41)39(43)48-25-19-17-15-13-11-12-14-16-18-24-47-29-34(27-33(4)44-6)26-32(3)35-20-21-36(45-7)37(28-35)46-8/h9-10,20,26-29,36H,1-2,11-19,21-25,30-31H2,3-8H3/b32-26+,33-27+,34-29-. The van der Waals surface area contributed by atoms with Crippen LogP contribution in [0.5, 0.6) is 0 Å². The first-order valence-electron chi connectivity index (χ1n) is 18.0. The zero-order valence-electron chi connectivity index (χ0n) is 31.5. The van der Waals surface area contributed by atoms with Crippen molar-refractivity contribution in [2.45, 2.75) is 110 Å². The normalized spacial score (nSPS) is 18.6. The van der Waals surface area contributed by atoms with Crippen molar-refractivity contribution in [3.05, 3.63) is 84.1 Å². The molecule has 2 aliphatic carbocycles. The van der Waals surface area contributed by atoms with Crippen molar-refractivity contribution in [3.63, 3.8) is 0 Å². The van der Waals surface area contributed by atoms with Crippen molar-refractivity contribution in [3.8, 4) is 0 Å². The van der Waals surface area contributed by atoms with Gasteiger partial charge in [-0.2, -0.15) is 0 Å². The molecule has 0 heterocycles. The number of carbonyl (C=O) groups excluding carboxylic acids is 2. The van der Waals surface area contributed by atoms with Crippen LogP contribution in [0.4, 0.5) is 0 Å². The highest BCUT2D eigenvalue weighted by atomic mass is 16.6. The first-order valence-corrected chi connectivity index (χ1v) is 18.0. The molecule has 2 atom stereocenters. The number of esters is 2. The molecule has 1 saturated carbocycles. The number of hydrogen-bond donors (Lipinski definition) is 0. The minimum Gasteiger partial charge on any atom is -0.501 e. The minimum atomic E-state index is -1.09. The molecular formula is C41H62O9. The average molecular weight is 699 g/mol. The number of unbranched alkanes of at least 4 members (excludes halogenated alkanes) is 8. The summed E-state index contributed by atoms with van der Waals surface area (Å²) in [6.07, 6.45) is 25.1. The van der Waals surface area contributed by atoms with Gasteiger partial charge in [0, 0.05) is 18.8 Å². The van der Waals surface area contributed by atoms with Crippen LogP contribution in [0.2, 0.25) is 0 Å². The minimum absolute atomic E-state index is 0.0504. The Kier molecular flexibility index (Phi) is 19.6. The Bertz CT molecular complexity index is 1250. The van der Waals surface area contributed by atoms with Gasteiger partial charge in [-0.25, -0.2) is 4.79 Å². The molecule has 2 unspecified atom stereocenters. The summed E-state index contributed by atoms with van der Waals surface area (Å²) in [4.78, 5) is 24.6. The second kappa shape index (κ2) is 23.0. The molecule has 2 rings (SSSR count). The summed E-state index contributed by atoms with van der Waals surface area (Å²) in [6, 6.07) is 0. The lowest BCUT2D eigenvalue weighted by Crippen LogP contribution is -2.41. The third-order valence-corrected chi connectivity index (χ3v) is 9.06. The van der Waals surface area contributed by atoms with Gasteiger partial charge in [0.25, 0.3) is 0 Å². The predicted molar refractivity (Wildman–Crippen MR) is 197 cm³/mol. The molecule has 0 aliphatic heterocycles. The quantitative estimate of drug-likeness (QED) is 0.0208. The van der Waals surface area contributed by atoms with Crippen LogP contribution in [0, 0.1) is 5.41 Å². The molecule has 0 spiro atoms. The van der Waals surface area contributed by atoms with E-state index in [4.69, 9.17) is 33.2 Å². The van der Waals surface area contributed by atoms with Gasteiger partial charge < -0.3 is 33.2 Å². The van der Waals surface area contributed by atoms with Gasteiger partial charge in [0.05, 0.1) is 51.7 Å². The first-order chi connectivity index (χ1) is 24.0. The van der Waals surface area contributed by atoms with Gasteiger partial charge in [-0.1, -0.05) is 63.7 Å². The maximum Gasteiger partial charge on any atom is 0.330 e. The van der Waals surface area contributed by atoms with Gasteiger partial charge in [-0.05, 0) is 82.2 Å². The molecule has 50 heavy (non-hydrogen) atoms. The average Bonchev–Trinajstić information content (AvgIpc) is 3.92. The topological polar surface area (TPSA) is 98.8 Å². The number of rotatable bonds is 27. The SMILES string of the molecule is C=CC(=O)OCC(C)(COC1(C=C)CC1)C(=O)OCCCCCCCCCCCO/C=C(\C=C(/C)OC)/C=C(\C)C1=CCC(OC)C(OC)=C1. The van der Waals surface area contributed by atoms with E-state index in [0.717, 1.165) is 92.1 Å². The van der Waals surface area contributed by atoms with Crippen LogP contribution in [0.15, 0.2) is 84.1 Å². The van der Waals surface area contributed by atoms with Crippen molar-refractivity contribution in [1.82, 2.24) is 0 Å². The van der Waals surface area contributed by atoms with E-state index in [0.29, 0.717) is 13.2 Å². The van der Waals surface area contributed by atoms with E-state index in [1.54, 1.807) is 34.3 Å². The highest BCUT2D eigenvalue weighted by Gasteiger charge is 2.45. The zero-order valence-corrected chi connectivity index (χ0v) is 31.5. The Labute approximate surface area is 301 Å². The summed E-state index contributed by atoms with van der Waals surface area (Å²) in [5.41, 5.74) is 1.67. The van der Waals surface area contributed by atoms with Crippen LogP contribution < -0.4 is 0 Å². The van der Waals surface area contributed by atoms with Crippen molar-refractivity contribution in [1.29, 1.82) is 0 Å². The molecule has 0 saturated heterocycles. The van der Waals surface area contributed by atoms with E-state index in [-0.39, 0.29) is 24.9 Å². The summed E-state index contributed by atoms with van der Waals surface area (Å²) in [5.74, 6) is 0.626. The van der Waals surface area contributed by atoms with Crippen LogP contribution in [0.3, 0.4) is 0 Å². The third kappa shape index (κ3) is 15.5. The Morgan fingerprint density at radius 1 is 0.900 bits per heavy atom. The number of ether oxygens (including phenoxy) is 7. The molecule has 9 heteroatoms. The van der Waals surface area contributed by atoms with Gasteiger partial charge in [-0.15, -0.1) is 6.58 Å². The predicted octanol–water partition coefficient (Wildman–Crippen LogP) is 8.78. The van der Waals surface area contributed by atoms with Crippen LogP contribution >= 0.6 is 0 Å². The summed E-state index contributed by atoms with van der Waals surface area (Å²) in [6.45, 7) is 13.9. The molecule has 2 aliphatic rings. The second-order valence-corrected chi connectivity index (χ2v) is 13.4. The fraction of sp³-hybridized carbons (Fsp3) is 0.610. The molecule has 9 nitrogen and oxygen atoms in total. The maximum atomic E-state index is 12.9. The summed E-state index contributed by atoms with van der Waals surface area (Å²) >= 11 is 0. The Morgan fingerprint density at radius 2 is 1.54 bits per heavy atom. The highest BCUT2D eigenvalue weighted by molar-refractivity contribution is 5.82. The fourth-order valence-corrected chi connectivity index (χ4v) is 5.37. The van der Waals surface area contributed by atoms with E-state index in [1.807, 2.05) is 25.3 Å². The van der Waals surface area contributed by atoms with E-state index in [2.05, 4.69) is 32.2 Å². The fourth-order valence-electron chi connectivity index (χ4n) is 5.37. The van der Waals surface area contributed by atoms with E-state index >= 15 is 0 Å². The third-order valence-electron chi connectivity index (χ3n) is 9.06. The monoisotopic (exact) mass is 698 g/mol. The van der Waals surface area contributed by atoms with Gasteiger partial charge in [-0.3, -0.25) is 4.79 Å². The molecule has 0 N–H and O–H groups in total. The van der Waals surface area contributed by atoms with E-state index in [9.17, 15) is 9.59 Å². The van der Waals surface area contributed by atoms with Gasteiger partial charge >= 0.3 is 11.9 Å². The Balaban J connectivity index is 1.63. The lowest BCUT2D eigenvalue weighted by atomic mass is 9.93. The van der Waals surface area contributed by atoms with E-state index in [1.165, 1.54) is 19.3 Å². The number of hydrogen-bond acceptors (Lipinski definition) is 9. The summed E-state index contributed by atoms with van der Waals surface area (Å²) in [5, 5.41) is 0. The van der Waals surface area contributed by atoms with Crippen LogP contribution in [-0.2, 0) is 42.7 Å². The lowest BCUT2D eigenvalue weighted by Gasteiger charge is -2.28. The van der Waals surface area contributed by atoms with Crippen molar-refractivity contribution >= 4 is 11.9 Å². The van der Waals surface area contributed by atoms with Crippen LogP contribution in [0.1, 0.15) is 97.8 Å². The van der Waals surface area contributed by atoms with Crippen LogP contribution in [0.25, 0.3) is 0 Å². The van der Waals surface area contributed by atoms with Gasteiger partial charge in [0.15, 0.2) is 0 Å². The molecule has 0 aromatic carbocycles. The molecule has 1 fully saturated rings. The highest BCUT2D eigenvalue weighted by Crippen LogP contribution is 2.42. The molecule has 0 radical (unpaired) electrons. The molecule has 0 aromatic rings. The summed E-state index contributed by atoms with van der Waals surface area (Å²) in [7, 11) is 5.03. The first kappa shape index (κ1) is 42.6. The van der Waals surface area contributed by atoms with Gasteiger partial charge in [0.2, 0.25) is 0 Å². The smallest absolute Gasteiger partial charge is 0.330 e.